The third-order valence-corrected chi connectivity index (χ3v) is 5.81. The summed E-state index contributed by atoms with van der Waals surface area (Å²) in [6, 6.07) is 8.73. The molecule has 2 heterocycles. The highest BCUT2D eigenvalue weighted by Crippen LogP contribution is 2.35. The smallest absolute Gasteiger partial charge is 0.219 e. The van der Waals surface area contributed by atoms with Crippen molar-refractivity contribution in [3.63, 3.8) is 0 Å². The van der Waals surface area contributed by atoms with Crippen molar-refractivity contribution in [3.05, 3.63) is 34.2 Å². The van der Waals surface area contributed by atoms with Crippen LogP contribution < -0.4 is 5.32 Å². The Morgan fingerprint density at radius 2 is 2.10 bits per heavy atom. The number of halogens is 1. The summed E-state index contributed by atoms with van der Waals surface area (Å²) in [6.07, 6.45) is 2.03. The number of carbonyl (C=O) groups excluding carboxylic acids is 1. The van der Waals surface area contributed by atoms with Crippen molar-refractivity contribution in [2.45, 2.75) is 32.4 Å². The second-order valence-electron chi connectivity index (χ2n) is 5.50. The average molecular weight is 323 g/mol. The Balaban J connectivity index is 1.60. The molecule has 1 aliphatic heterocycles. The number of likely N-dealkylation sites (tertiary alicyclic amines) is 1. The van der Waals surface area contributed by atoms with Crippen LogP contribution in [0.4, 0.5) is 0 Å². The van der Waals surface area contributed by atoms with Crippen LogP contribution in [0.5, 0.6) is 0 Å². The van der Waals surface area contributed by atoms with Crippen LogP contribution in [-0.4, -0.2) is 29.9 Å². The molecule has 0 unspecified atom stereocenters. The van der Waals surface area contributed by atoms with E-state index in [1.165, 1.54) is 9.58 Å². The summed E-state index contributed by atoms with van der Waals surface area (Å²) in [5.74, 6) is 0.181. The highest BCUT2D eigenvalue weighted by Gasteiger charge is 2.20. The summed E-state index contributed by atoms with van der Waals surface area (Å²) >= 11 is 8.22. The third-order valence-electron chi connectivity index (χ3n) is 4.09. The van der Waals surface area contributed by atoms with Crippen LogP contribution in [0.15, 0.2) is 24.3 Å². The zero-order valence-corrected chi connectivity index (χ0v) is 13.6. The number of amides is 1. The normalized spacial score (nSPS) is 16.6. The fourth-order valence-electron chi connectivity index (χ4n) is 2.81. The molecule has 1 amide bonds. The fourth-order valence-corrected chi connectivity index (χ4v) is 4.26. The van der Waals surface area contributed by atoms with Crippen molar-refractivity contribution >= 4 is 38.9 Å². The lowest BCUT2D eigenvalue weighted by Crippen LogP contribution is -2.43. The summed E-state index contributed by atoms with van der Waals surface area (Å²) in [5.41, 5.74) is 0. The van der Waals surface area contributed by atoms with Gasteiger partial charge in [-0.3, -0.25) is 4.79 Å². The molecule has 0 spiro atoms. The zero-order valence-electron chi connectivity index (χ0n) is 12.1. The van der Waals surface area contributed by atoms with Crippen LogP contribution in [0.3, 0.4) is 0 Å². The quantitative estimate of drug-likeness (QED) is 0.935. The maximum atomic E-state index is 11.3. The van der Waals surface area contributed by atoms with E-state index >= 15 is 0 Å². The van der Waals surface area contributed by atoms with Crippen LogP contribution in [0.1, 0.15) is 24.6 Å². The Morgan fingerprint density at radius 1 is 1.38 bits per heavy atom. The van der Waals surface area contributed by atoms with Crippen LogP contribution in [0.25, 0.3) is 10.1 Å². The molecule has 0 atom stereocenters. The van der Waals surface area contributed by atoms with E-state index in [-0.39, 0.29) is 5.91 Å². The van der Waals surface area contributed by atoms with E-state index in [9.17, 15) is 4.79 Å². The van der Waals surface area contributed by atoms with Crippen molar-refractivity contribution in [3.8, 4) is 0 Å². The van der Waals surface area contributed by atoms with Crippen molar-refractivity contribution in [1.82, 2.24) is 10.2 Å². The first-order valence-corrected chi connectivity index (χ1v) is 8.49. The Morgan fingerprint density at radius 3 is 2.76 bits per heavy atom. The first-order chi connectivity index (χ1) is 10.1. The van der Waals surface area contributed by atoms with Crippen molar-refractivity contribution < 1.29 is 4.79 Å². The van der Waals surface area contributed by atoms with Crippen molar-refractivity contribution in [1.29, 1.82) is 0 Å². The predicted octanol–water partition coefficient (Wildman–Crippen LogP) is 3.66. The molecule has 5 heteroatoms. The van der Waals surface area contributed by atoms with E-state index in [0.29, 0.717) is 6.04 Å². The van der Waals surface area contributed by atoms with Gasteiger partial charge in [-0.15, -0.1) is 11.3 Å². The molecule has 1 fully saturated rings. The number of carbonyl (C=O) groups is 1. The molecule has 1 aromatic carbocycles. The molecule has 1 aliphatic rings. The lowest BCUT2D eigenvalue weighted by atomic mass is 10.1. The summed E-state index contributed by atoms with van der Waals surface area (Å²) < 4.78 is 1.24. The Labute approximate surface area is 133 Å². The predicted molar refractivity (Wildman–Crippen MR) is 89.0 cm³/mol. The number of fused-ring (bicyclic) bond motifs is 1. The van der Waals surface area contributed by atoms with Crippen LogP contribution in [0, 0.1) is 0 Å². The average Bonchev–Trinajstić information content (AvgIpc) is 2.82. The van der Waals surface area contributed by atoms with E-state index in [0.717, 1.165) is 42.9 Å². The Bertz CT molecular complexity index is 647. The fraction of sp³-hybridized carbons (Fsp3) is 0.438. The molecule has 0 saturated carbocycles. The number of nitrogens with zero attached hydrogens (tertiary/aromatic N) is 1. The standard InChI is InChI=1S/C16H19ClN2OS/c1-11(20)19-8-6-12(7-9-19)18-10-15-16(17)13-4-2-3-5-14(13)21-15/h2-5,12,18H,6-10H2,1H3. The van der Waals surface area contributed by atoms with Crippen molar-refractivity contribution in [2.75, 3.05) is 13.1 Å². The molecule has 3 rings (SSSR count). The molecule has 0 bridgehead atoms. The van der Waals surface area contributed by atoms with E-state index in [4.69, 9.17) is 11.6 Å². The number of benzene rings is 1. The summed E-state index contributed by atoms with van der Waals surface area (Å²) in [4.78, 5) is 14.4. The maximum Gasteiger partial charge on any atom is 0.219 e. The van der Waals surface area contributed by atoms with Gasteiger partial charge >= 0.3 is 0 Å². The molecule has 0 aliphatic carbocycles. The lowest BCUT2D eigenvalue weighted by molar-refractivity contribution is -0.129. The first kappa shape index (κ1) is 14.8. The number of rotatable bonds is 3. The molecule has 112 valence electrons. The molecule has 1 N–H and O–H groups in total. The zero-order chi connectivity index (χ0) is 14.8. The Hall–Kier alpha value is -1.10. The van der Waals surface area contributed by atoms with Gasteiger partial charge in [0, 0.05) is 47.6 Å². The van der Waals surface area contributed by atoms with Gasteiger partial charge in [0.2, 0.25) is 5.91 Å². The Kier molecular flexibility index (Phi) is 4.48. The highest BCUT2D eigenvalue weighted by molar-refractivity contribution is 7.19. The second-order valence-corrected chi connectivity index (χ2v) is 7.01. The van der Waals surface area contributed by atoms with Gasteiger partial charge in [-0.1, -0.05) is 29.8 Å². The summed E-state index contributed by atoms with van der Waals surface area (Å²) in [6.45, 7) is 4.16. The van der Waals surface area contributed by atoms with Gasteiger partial charge in [-0.25, -0.2) is 0 Å². The van der Waals surface area contributed by atoms with Gasteiger partial charge in [-0.2, -0.15) is 0 Å². The van der Waals surface area contributed by atoms with Gasteiger partial charge in [0.25, 0.3) is 0 Å². The SMILES string of the molecule is CC(=O)N1CCC(NCc2sc3ccccc3c2Cl)CC1. The highest BCUT2D eigenvalue weighted by atomic mass is 35.5. The molecular weight excluding hydrogens is 304 g/mol. The van der Waals surface area contributed by atoms with Gasteiger partial charge in [-0.05, 0) is 18.9 Å². The van der Waals surface area contributed by atoms with Crippen molar-refractivity contribution in [2.24, 2.45) is 0 Å². The van der Waals surface area contributed by atoms with Crippen LogP contribution >= 0.6 is 22.9 Å². The van der Waals surface area contributed by atoms with Crippen LogP contribution in [-0.2, 0) is 11.3 Å². The van der Waals surface area contributed by atoms with E-state index in [2.05, 4.69) is 17.4 Å². The third kappa shape index (κ3) is 3.23. The van der Waals surface area contributed by atoms with Gasteiger partial charge in [0.05, 0.1) is 5.02 Å². The molecule has 1 saturated heterocycles. The summed E-state index contributed by atoms with van der Waals surface area (Å²) in [5, 5.41) is 5.61. The monoisotopic (exact) mass is 322 g/mol. The number of thiophene rings is 1. The van der Waals surface area contributed by atoms with E-state index < -0.39 is 0 Å². The topological polar surface area (TPSA) is 32.3 Å². The second kappa shape index (κ2) is 6.34. The minimum absolute atomic E-state index is 0.181. The maximum absolute atomic E-state index is 11.3. The lowest BCUT2D eigenvalue weighted by Gasteiger charge is -2.31. The van der Waals surface area contributed by atoms with E-state index in [1.54, 1.807) is 18.3 Å². The number of hydrogen-bond acceptors (Lipinski definition) is 3. The number of piperidine rings is 1. The molecule has 2 aromatic rings. The largest absolute Gasteiger partial charge is 0.343 e. The summed E-state index contributed by atoms with van der Waals surface area (Å²) in [7, 11) is 0. The minimum atomic E-state index is 0.181. The van der Waals surface area contributed by atoms with E-state index in [1.807, 2.05) is 17.0 Å². The minimum Gasteiger partial charge on any atom is -0.343 e. The molecule has 0 radical (unpaired) electrons. The first-order valence-electron chi connectivity index (χ1n) is 7.30. The molecule has 1 aromatic heterocycles. The molecular formula is C16H19ClN2OS. The molecule has 21 heavy (non-hydrogen) atoms. The van der Waals surface area contributed by atoms with Gasteiger partial charge < -0.3 is 10.2 Å². The number of hydrogen-bond donors (Lipinski definition) is 1. The van der Waals surface area contributed by atoms with Crippen LogP contribution in [0.2, 0.25) is 5.02 Å². The van der Waals surface area contributed by atoms with Gasteiger partial charge in [0.15, 0.2) is 0 Å². The van der Waals surface area contributed by atoms with Gasteiger partial charge in [0.1, 0.15) is 0 Å². The molecule has 3 nitrogen and oxygen atoms in total. The number of nitrogens with one attached hydrogen (secondary N) is 1.